The van der Waals surface area contributed by atoms with E-state index in [1.165, 1.54) is 6.92 Å². The number of urea groups is 1. The molecule has 7 atom stereocenters. The van der Waals surface area contributed by atoms with Crippen LogP contribution in [0.4, 0.5) is 15.6 Å². The molecule has 1 aromatic carbocycles. The predicted molar refractivity (Wildman–Crippen MR) is 366 cm³/mol. The van der Waals surface area contributed by atoms with Gasteiger partial charge in [-0.3, -0.25) is 86.2 Å². The number of primary amides is 1. The number of aliphatic imine (C=N–C) groups is 1. The molecular formula is C61H90N18O19S3. The van der Waals surface area contributed by atoms with Gasteiger partial charge in [0.1, 0.15) is 47.3 Å². The molecule has 10 amide bonds. The molecule has 0 radical (unpaired) electrons. The van der Waals surface area contributed by atoms with Crippen molar-refractivity contribution in [1.29, 1.82) is 0 Å². The minimum Gasteiger partial charge on any atom is -0.481 e. The first-order valence-electron chi connectivity index (χ1n) is 32.6. The van der Waals surface area contributed by atoms with Crippen LogP contribution in [0.15, 0.2) is 35.5 Å². The van der Waals surface area contributed by atoms with Gasteiger partial charge in [-0.1, -0.05) is 49.0 Å². The van der Waals surface area contributed by atoms with E-state index < -0.39 is 131 Å². The third kappa shape index (κ3) is 33.4. The Labute approximate surface area is 592 Å². The van der Waals surface area contributed by atoms with Gasteiger partial charge >= 0.3 is 23.9 Å². The van der Waals surface area contributed by atoms with E-state index in [4.69, 9.17) is 26.5 Å². The first-order chi connectivity index (χ1) is 48.0. The van der Waals surface area contributed by atoms with Gasteiger partial charge in [-0.2, -0.15) is 0 Å². The number of ether oxygens (including phenoxy) is 1. The lowest BCUT2D eigenvalue weighted by atomic mass is 9.88. The molecule has 4 rings (SSSR count). The van der Waals surface area contributed by atoms with Gasteiger partial charge in [-0.15, -0.1) is 27.1 Å². The summed E-state index contributed by atoms with van der Waals surface area (Å²) in [6, 6.07) is -0.237. The number of anilines is 2. The lowest BCUT2D eigenvalue weighted by Gasteiger charge is -2.24. The van der Waals surface area contributed by atoms with Crippen LogP contribution >= 0.6 is 23.1 Å². The van der Waals surface area contributed by atoms with Crippen LogP contribution in [0.5, 0.6) is 0 Å². The number of imide groups is 1. The fourth-order valence-electron chi connectivity index (χ4n) is 10.1. The summed E-state index contributed by atoms with van der Waals surface area (Å²) >= 11 is -0.278. The summed E-state index contributed by atoms with van der Waals surface area (Å²) in [5.41, 5.74) is 17.8. The third-order valence-corrected chi connectivity index (χ3v) is 17.8. The summed E-state index contributed by atoms with van der Waals surface area (Å²) in [4.78, 5) is 185. The number of nitrogens with two attached hydrogens (primary N) is 3. The Kier molecular flexibility index (Phi) is 37.0. The van der Waals surface area contributed by atoms with Crippen molar-refractivity contribution in [3.63, 3.8) is 0 Å². The molecule has 101 heavy (non-hydrogen) atoms. The van der Waals surface area contributed by atoms with Crippen LogP contribution < -0.4 is 59.1 Å². The highest BCUT2D eigenvalue weighted by Gasteiger charge is 2.39. The highest BCUT2D eigenvalue weighted by molar-refractivity contribution is 8.00. The molecule has 40 heteroatoms. The second-order valence-corrected chi connectivity index (χ2v) is 26.9. The van der Waals surface area contributed by atoms with Gasteiger partial charge in [0.2, 0.25) is 52.4 Å². The average Bonchev–Trinajstić information content (AvgIpc) is 1.76. The van der Waals surface area contributed by atoms with Crippen LogP contribution in [0.2, 0.25) is 0 Å². The van der Waals surface area contributed by atoms with E-state index in [0.29, 0.717) is 67.0 Å². The molecule has 3 aromatic rings. The summed E-state index contributed by atoms with van der Waals surface area (Å²) in [5, 5.41) is 52.4. The zero-order valence-electron chi connectivity index (χ0n) is 56.3. The van der Waals surface area contributed by atoms with E-state index in [-0.39, 0.29) is 138 Å². The number of amides is 10. The monoisotopic (exact) mass is 1470 g/mol. The summed E-state index contributed by atoms with van der Waals surface area (Å²) in [7, 11) is 0. The Morgan fingerprint density at radius 1 is 0.713 bits per heavy atom. The molecule has 1 aliphatic heterocycles. The highest BCUT2D eigenvalue weighted by atomic mass is 32.2. The maximum absolute atomic E-state index is 13.8. The summed E-state index contributed by atoms with van der Waals surface area (Å²) in [5.74, 6) is -10.9. The summed E-state index contributed by atoms with van der Waals surface area (Å²) in [6.07, 6.45) is 2.70. The lowest BCUT2D eigenvalue weighted by Crippen LogP contribution is -2.57. The lowest BCUT2D eigenvalue weighted by molar-refractivity contribution is -0.142. The van der Waals surface area contributed by atoms with Gasteiger partial charge in [-0.05, 0) is 87.8 Å². The van der Waals surface area contributed by atoms with Crippen molar-refractivity contribution in [2.45, 2.75) is 185 Å². The molecule has 2 aromatic heterocycles. The predicted octanol–water partition coefficient (Wildman–Crippen LogP) is -0.156. The quantitative estimate of drug-likeness (QED) is 0.00872. The van der Waals surface area contributed by atoms with E-state index in [1.807, 2.05) is 0 Å². The van der Waals surface area contributed by atoms with Gasteiger partial charge in [0.15, 0.2) is 5.96 Å². The number of carbonyl (C=O) groups excluding carboxylic acids is 12. The molecule has 0 bridgehead atoms. The van der Waals surface area contributed by atoms with Crippen molar-refractivity contribution in [2.75, 3.05) is 42.0 Å². The number of unbranched alkanes of at least 4 members (excludes halogenated alkanes) is 3. The smallest absolute Gasteiger partial charge is 0.312 e. The van der Waals surface area contributed by atoms with Gasteiger partial charge < -0.3 is 69.4 Å². The van der Waals surface area contributed by atoms with Crippen molar-refractivity contribution in [3.8, 4) is 0 Å². The number of guanidine groups is 1. The number of esters is 1. The molecule has 556 valence electrons. The van der Waals surface area contributed by atoms with E-state index in [2.05, 4.69) is 67.4 Å². The third-order valence-electron chi connectivity index (χ3n) is 15.2. The first kappa shape index (κ1) is 83.8. The van der Waals surface area contributed by atoms with Gasteiger partial charge in [0, 0.05) is 95.3 Å². The number of aryl methyl sites for hydroxylation is 2. The Balaban J connectivity index is 1.22. The van der Waals surface area contributed by atoms with Crippen LogP contribution in [-0.4, -0.2) is 199 Å². The van der Waals surface area contributed by atoms with Crippen molar-refractivity contribution in [1.82, 2.24) is 62.0 Å². The number of carboxylic acids is 2. The molecule has 1 fully saturated rings. The zero-order chi connectivity index (χ0) is 74.6. The average molecular weight is 1480 g/mol. The van der Waals surface area contributed by atoms with E-state index in [1.54, 1.807) is 49.0 Å². The van der Waals surface area contributed by atoms with E-state index >= 15 is 0 Å². The van der Waals surface area contributed by atoms with Gasteiger partial charge in [-0.25, -0.2) is 9.00 Å². The molecule has 1 saturated heterocycles. The number of nitrogens with zero attached hydrogens (tertiary/aromatic N) is 7. The Hall–Kier alpha value is -9.57. The van der Waals surface area contributed by atoms with Gasteiger partial charge in [0.05, 0.1) is 30.2 Å². The number of carboxylic acid groups (broad SMARTS) is 2. The van der Waals surface area contributed by atoms with Crippen molar-refractivity contribution in [2.24, 2.45) is 34.0 Å². The molecule has 3 unspecified atom stereocenters. The first-order valence-corrected chi connectivity index (χ1v) is 35.6. The Bertz CT molecular complexity index is 3400. The summed E-state index contributed by atoms with van der Waals surface area (Å²) < 4.78 is 28.6. The maximum Gasteiger partial charge on any atom is 0.312 e. The summed E-state index contributed by atoms with van der Waals surface area (Å²) in [6.45, 7) is 5.20. The number of benzene rings is 1. The fourth-order valence-corrected chi connectivity index (χ4v) is 12.3. The molecule has 0 aliphatic carbocycles. The molecule has 17 N–H and O–H groups in total. The van der Waals surface area contributed by atoms with Crippen LogP contribution in [0.25, 0.3) is 0 Å². The fraction of sp³-hybridized carbons (Fsp3) is 0.590. The molecule has 3 heterocycles. The topological polar surface area (TPSA) is 572 Å². The van der Waals surface area contributed by atoms with Crippen molar-refractivity contribution >= 4 is 134 Å². The number of likely N-dealkylation sites (tertiary alicyclic amines) is 1. The largest absolute Gasteiger partial charge is 0.481 e. The zero-order valence-corrected chi connectivity index (χ0v) is 58.7. The highest BCUT2D eigenvalue weighted by Crippen LogP contribution is 2.26. The number of carbonyl (C=O) groups is 14. The number of rotatable bonds is 50. The van der Waals surface area contributed by atoms with Crippen LogP contribution in [0.3, 0.4) is 0 Å². The SMILES string of the molecule is CC(=O)OCc1ccc(NC(=O)C(CCCNC(N)=O)NC(=O)[C@@H](CC(=O)CCCCCN2C(=O)CC(SCCNC(=O)[C@H](CC(=O)O)NC(=O)[C@H](CCCN=C(N)N)NC(=O)[C@H](CC(=O)O)NC(=O)CCCCn3cc(CCCC(=O)Cc4nnc(NS(=O)O)s4)nn3)C2=O)C(C)C)cc1. The van der Waals surface area contributed by atoms with Crippen LogP contribution in [0.1, 0.15) is 146 Å². The molecular weight excluding hydrogens is 1380 g/mol. The molecule has 1 aliphatic rings. The number of hydrogen-bond acceptors (Lipinski definition) is 23. The molecule has 0 spiro atoms. The number of thioether (sulfide) groups is 1. The van der Waals surface area contributed by atoms with Gasteiger partial charge in [0.25, 0.3) is 11.3 Å². The van der Waals surface area contributed by atoms with Crippen LogP contribution in [-0.2, 0) is 104 Å². The van der Waals surface area contributed by atoms with Crippen molar-refractivity contribution in [3.05, 3.63) is 46.7 Å². The standard InChI is InChI=1S/C61H90N18O19S3/c1-35(2)42(53(89)70-43(16-11-23-67-60(64)95)55(91)68-38-20-18-37(19-21-38)34-98-36(3)80)28-40(81)13-5-4-7-26-79-50(84)32-47(58(79)94)99-27-24-65-54(90)45(30-51(85)86)72-56(92)44(15-10-22-66-59(62)63)71-57(93)46(31-52(87)88)69-48(83)17-6-8-25-78-33-39(73-77-78)12-9-14-41(82)29-49-74-75-61(100-49)76-101(96)97/h18-21,33,35,42-47H,4-17,22-32,34H2,1-3H3,(H,65,90)(H,68,91)(H,69,83)(H,70,89)(H,71,93)(H,72,92)(H,75,76)(H,85,86)(H,87,88)(H,96,97)(H4,62,63,66)(H3,64,67,95)/t42-,43?,44-,45-,46-,47?/m0/s1. The number of nitrogens with one attached hydrogen (secondary N) is 8. The molecule has 37 nitrogen and oxygen atoms in total. The number of aliphatic carboxylic acids is 2. The van der Waals surface area contributed by atoms with Crippen molar-refractivity contribution < 1.29 is 90.8 Å². The Morgan fingerprint density at radius 3 is 2.01 bits per heavy atom. The van der Waals surface area contributed by atoms with Crippen LogP contribution in [0, 0.1) is 11.8 Å². The number of Topliss-reactive ketones (excluding diaryl/α,β-unsaturated/α-hetero) is 2. The minimum absolute atomic E-state index is 0.00272. The van der Waals surface area contributed by atoms with E-state index in [9.17, 15) is 81.5 Å². The Morgan fingerprint density at radius 2 is 1.35 bits per heavy atom. The number of hydrogen-bond donors (Lipinski definition) is 14. The normalized spacial score (nSPS) is 14.4. The second-order valence-electron chi connectivity index (χ2n) is 23.8. The molecule has 0 saturated carbocycles. The maximum atomic E-state index is 13.8. The number of aromatic nitrogens is 5. The minimum atomic E-state index is -2.32. The van der Waals surface area contributed by atoms with E-state index in [0.717, 1.165) is 28.0 Å². The number of ketones is 2. The second kappa shape index (κ2) is 44.5.